The summed E-state index contributed by atoms with van der Waals surface area (Å²) in [5, 5.41) is 0. The number of ether oxygens (including phenoxy) is 2. The smallest absolute Gasteiger partial charge is 0.310 e. The van der Waals surface area contributed by atoms with Crippen molar-refractivity contribution < 1.29 is 19.1 Å². The van der Waals surface area contributed by atoms with Gasteiger partial charge < -0.3 is 9.47 Å². The molecule has 0 aliphatic heterocycles. The molecule has 1 fully saturated rings. The third-order valence-corrected chi connectivity index (χ3v) is 3.27. The first-order valence-electron chi connectivity index (χ1n) is 7.00. The van der Waals surface area contributed by atoms with Crippen LogP contribution >= 0.6 is 0 Å². The van der Waals surface area contributed by atoms with Gasteiger partial charge in [0.2, 0.25) is 0 Å². The van der Waals surface area contributed by atoms with Crippen LogP contribution in [0.4, 0.5) is 0 Å². The van der Waals surface area contributed by atoms with Crippen LogP contribution in [0.3, 0.4) is 0 Å². The molecule has 4 heteroatoms. The predicted molar refractivity (Wildman–Crippen MR) is 72.4 cm³/mol. The first kappa shape index (κ1) is 15.7. The van der Waals surface area contributed by atoms with Gasteiger partial charge in [-0.1, -0.05) is 39.3 Å². The summed E-state index contributed by atoms with van der Waals surface area (Å²) in [6.07, 6.45) is 4.88. The van der Waals surface area contributed by atoms with E-state index in [0.29, 0.717) is 25.4 Å². The molecule has 0 aromatic rings. The van der Waals surface area contributed by atoms with Crippen LogP contribution in [0, 0.1) is 17.8 Å². The van der Waals surface area contributed by atoms with E-state index in [1.165, 1.54) is 6.08 Å². The van der Waals surface area contributed by atoms with Crippen molar-refractivity contribution in [1.82, 2.24) is 0 Å². The van der Waals surface area contributed by atoms with Gasteiger partial charge in [-0.15, -0.1) is 0 Å². The quantitative estimate of drug-likeness (QED) is 0.549. The maximum atomic E-state index is 12.0. The van der Waals surface area contributed by atoms with Gasteiger partial charge in [-0.05, 0) is 18.8 Å². The highest BCUT2D eigenvalue weighted by Gasteiger charge is 2.37. The van der Waals surface area contributed by atoms with Gasteiger partial charge in [-0.2, -0.15) is 0 Å². The molecule has 1 saturated carbocycles. The fourth-order valence-electron chi connectivity index (χ4n) is 2.30. The van der Waals surface area contributed by atoms with Crippen LogP contribution in [-0.4, -0.2) is 25.2 Å². The Morgan fingerprint density at radius 2 is 1.68 bits per heavy atom. The average molecular weight is 268 g/mol. The number of hydrogen-bond donors (Lipinski definition) is 0. The van der Waals surface area contributed by atoms with Crippen molar-refractivity contribution in [3.8, 4) is 0 Å². The average Bonchev–Trinajstić information content (AvgIpc) is 2.42. The molecule has 0 bridgehead atoms. The van der Waals surface area contributed by atoms with E-state index in [4.69, 9.17) is 9.47 Å². The summed E-state index contributed by atoms with van der Waals surface area (Å²) in [6, 6.07) is 0. The maximum absolute atomic E-state index is 12.0. The molecule has 0 saturated heterocycles. The molecule has 0 aromatic heterocycles. The van der Waals surface area contributed by atoms with Crippen molar-refractivity contribution in [2.45, 2.75) is 39.5 Å². The predicted octanol–water partition coefficient (Wildman–Crippen LogP) is 2.72. The molecule has 0 aromatic carbocycles. The lowest BCUT2D eigenvalue weighted by Crippen LogP contribution is -2.35. The number of carbonyl (C=O) groups excluding carboxylic acids is 2. The monoisotopic (exact) mass is 268 g/mol. The summed E-state index contributed by atoms with van der Waals surface area (Å²) in [4.78, 5) is 24.0. The summed E-state index contributed by atoms with van der Waals surface area (Å²) in [5.74, 6) is -0.947. The van der Waals surface area contributed by atoms with E-state index in [1.54, 1.807) is 0 Å². The minimum Gasteiger partial charge on any atom is -0.465 e. The van der Waals surface area contributed by atoms with Crippen LogP contribution in [0.2, 0.25) is 0 Å². The third-order valence-electron chi connectivity index (χ3n) is 3.27. The highest BCUT2D eigenvalue weighted by atomic mass is 16.5. The molecule has 1 aliphatic rings. The van der Waals surface area contributed by atoms with E-state index in [0.717, 1.165) is 12.8 Å². The minimum absolute atomic E-state index is 0.198. The van der Waals surface area contributed by atoms with Crippen LogP contribution in [0.15, 0.2) is 12.7 Å². The fourth-order valence-corrected chi connectivity index (χ4v) is 2.30. The Labute approximate surface area is 115 Å². The maximum Gasteiger partial charge on any atom is 0.310 e. The lowest BCUT2D eigenvalue weighted by atomic mass is 9.79. The zero-order valence-electron chi connectivity index (χ0n) is 11.9. The molecule has 1 rings (SSSR count). The fraction of sp³-hybridized carbons (Fsp3) is 0.733. The zero-order chi connectivity index (χ0) is 14.3. The second-order valence-electron chi connectivity index (χ2n) is 5.44. The van der Waals surface area contributed by atoms with Crippen molar-refractivity contribution >= 4 is 11.9 Å². The van der Waals surface area contributed by atoms with Gasteiger partial charge in [0.1, 0.15) is 6.61 Å². The van der Waals surface area contributed by atoms with Crippen molar-refractivity contribution in [2.75, 3.05) is 13.2 Å². The highest BCUT2D eigenvalue weighted by molar-refractivity contribution is 5.82. The molecule has 0 radical (unpaired) electrons. The molecule has 0 heterocycles. The summed E-state index contributed by atoms with van der Waals surface area (Å²) < 4.78 is 10.3. The van der Waals surface area contributed by atoms with Crippen LogP contribution in [0.1, 0.15) is 39.5 Å². The Morgan fingerprint density at radius 1 is 1.16 bits per heavy atom. The van der Waals surface area contributed by atoms with Crippen molar-refractivity contribution in [2.24, 2.45) is 17.8 Å². The van der Waals surface area contributed by atoms with E-state index < -0.39 is 0 Å². The van der Waals surface area contributed by atoms with E-state index in [9.17, 15) is 9.59 Å². The standard InChI is InChI=1S/C15H24O4/c1-4-9-18-14(16)12-7-5-6-8-13(12)15(17)19-10-11(2)3/h4,11-13H,1,5-10H2,2-3H3. The molecule has 2 unspecified atom stereocenters. The molecule has 0 N–H and O–H groups in total. The Morgan fingerprint density at radius 3 is 2.16 bits per heavy atom. The van der Waals surface area contributed by atoms with E-state index >= 15 is 0 Å². The second-order valence-corrected chi connectivity index (χ2v) is 5.44. The normalized spacial score (nSPS) is 22.9. The molecule has 19 heavy (non-hydrogen) atoms. The summed E-state index contributed by atoms with van der Waals surface area (Å²) >= 11 is 0. The Hall–Kier alpha value is -1.32. The van der Waals surface area contributed by atoms with Crippen LogP contribution in [0.5, 0.6) is 0 Å². The Bertz CT molecular complexity index is 322. The number of esters is 2. The Balaban J connectivity index is 2.58. The molecule has 0 amide bonds. The van der Waals surface area contributed by atoms with Gasteiger partial charge in [0.15, 0.2) is 0 Å². The van der Waals surface area contributed by atoms with Crippen LogP contribution in [0.25, 0.3) is 0 Å². The molecule has 4 nitrogen and oxygen atoms in total. The van der Waals surface area contributed by atoms with Gasteiger partial charge in [-0.3, -0.25) is 9.59 Å². The molecule has 2 atom stereocenters. The van der Waals surface area contributed by atoms with Gasteiger partial charge in [-0.25, -0.2) is 0 Å². The number of hydrogen-bond acceptors (Lipinski definition) is 4. The van der Waals surface area contributed by atoms with E-state index in [1.807, 2.05) is 13.8 Å². The molecule has 0 spiro atoms. The zero-order valence-corrected chi connectivity index (χ0v) is 11.9. The third kappa shape index (κ3) is 5.05. The highest BCUT2D eigenvalue weighted by Crippen LogP contribution is 2.32. The van der Waals surface area contributed by atoms with Crippen molar-refractivity contribution in [3.63, 3.8) is 0 Å². The Kier molecular flexibility index (Phi) is 6.60. The SMILES string of the molecule is C=CCOC(=O)C1CCCCC1C(=O)OCC(C)C. The van der Waals surface area contributed by atoms with Crippen molar-refractivity contribution in [1.29, 1.82) is 0 Å². The van der Waals surface area contributed by atoms with Gasteiger partial charge >= 0.3 is 11.9 Å². The van der Waals surface area contributed by atoms with E-state index in [-0.39, 0.29) is 30.4 Å². The largest absolute Gasteiger partial charge is 0.465 e. The molecule has 1 aliphatic carbocycles. The number of carbonyl (C=O) groups is 2. The van der Waals surface area contributed by atoms with E-state index in [2.05, 4.69) is 6.58 Å². The van der Waals surface area contributed by atoms with Gasteiger partial charge in [0.25, 0.3) is 0 Å². The van der Waals surface area contributed by atoms with Crippen LogP contribution in [-0.2, 0) is 19.1 Å². The topological polar surface area (TPSA) is 52.6 Å². The van der Waals surface area contributed by atoms with Crippen LogP contribution < -0.4 is 0 Å². The summed E-state index contributed by atoms with van der Waals surface area (Å²) in [7, 11) is 0. The molecular formula is C15H24O4. The second kappa shape index (κ2) is 7.97. The lowest BCUT2D eigenvalue weighted by molar-refractivity contribution is -0.162. The van der Waals surface area contributed by atoms with Gasteiger partial charge in [0, 0.05) is 0 Å². The summed E-state index contributed by atoms with van der Waals surface area (Å²) in [5.41, 5.74) is 0. The molecule has 108 valence electrons. The van der Waals surface area contributed by atoms with Crippen molar-refractivity contribution in [3.05, 3.63) is 12.7 Å². The van der Waals surface area contributed by atoms with Gasteiger partial charge in [0.05, 0.1) is 18.4 Å². The number of rotatable bonds is 6. The summed E-state index contributed by atoms with van der Waals surface area (Å²) in [6.45, 7) is 8.10. The first-order valence-corrected chi connectivity index (χ1v) is 7.00. The minimum atomic E-state index is -0.353. The lowest BCUT2D eigenvalue weighted by Gasteiger charge is -2.28. The first-order chi connectivity index (χ1) is 9.06. The molecular weight excluding hydrogens is 244 g/mol.